The molecular weight excluding hydrogens is 363 g/mol. The second kappa shape index (κ2) is 9.70. The zero-order valence-corrected chi connectivity index (χ0v) is 15.1. The highest BCUT2D eigenvalue weighted by Crippen LogP contribution is 2.30. The molecule has 6 nitrogen and oxygen atoms in total. The number of carbonyl (C=O) groups excluding carboxylic acids is 2. The Labute approximate surface area is 156 Å². The van der Waals surface area contributed by atoms with Gasteiger partial charge in [0.1, 0.15) is 0 Å². The average molecular weight is 387 g/mol. The van der Waals surface area contributed by atoms with Gasteiger partial charge in [0.05, 0.1) is 18.1 Å². The summed E-state index contributed by atoms with van der Waals surface area (Å²) in [6.07, 6.45) is -4.35. The number of halogens is 3. The number of alkyl halides is 3. The number of methoxy groups -OCH3 is 1. The van der Waals surface area contributed by atoms with Crippen LogP contribution in [0.15, 0.2) is 24.3 Å². The van der Waals surface area contributed by atoms with Crippen LogP contribution in [0.1, 0.15) is 17.5 Å². The number of hydrogen-bond donors (Lipinski definition) is 2. The Morgan fingerprint density at radius 3 is 2.78 bits per heavy atom. The third-order valence-electron chi connectivity index (χ3n) is 4.30. The lowest BCUT2D eigenvalue weighted by Gasteiger charge is -2.17. The van der Waals surface area contributed by atoms with Crippen LogP contribution in [0.3, 0.4) is 0 Å². The van der Waals surface area contributed by atoms with E-state index in [1.54, 1.807) is 13.2 Å². The van der Waals surface area contributed by atoms with Crippen molar-refractivity contribution in [2.24, 2.45) is 5.92 Å². The molecule has 1 aromatic carbocycles. The zero-order valence-electron chi connectivity index (χ0n) is 15.1. The fourth-order valence-corrected chi connectivity index (χ4v) is 2.88. The third kappa shape index (κ3) is 6.51. The van der Waals surface area contributed by atoms with E-state index in [-0.39, 0.29) is 31.3 Å². The van der Waals surface area contributed by atoms with Crippen molar-refractivity contribution in [2.45, 2.75) is 19.1 Å². The number of likely N-dealkylation sites (tertiary alicyclic amines) is 1. The number of nitrogens with one attached hydrogen (secondary N) is 2. The van der Waals surface area contributed by atoms with E-state index in [1.165, 1.54) is 11.0 Å². The molecular formula is C18H24F3N3O3. The van der Waals surface area contributed by atoms with Crippen LogP contribution in [0.5, 0.6) is 0 Å². The number of ether oxygens (including phenoxy) is 1. The summed E-state index contributed by atoms with van der Waals surface area (Å²) >= 11 is 0. The maximum Gasteiger partial charge on any atom is 0.416 e. The minimum Gasteiger partial charge on any atom is -0.383 e. The summed E-state index contributed by atoms with van der Waals surface area (Å²) in [6, 6.07) is 4.89. The minimum absolute atomic E-state index is 0.0606. The Hall–Kier alpha value is -2.13. The Balaban J connectivity index is 1.82. The molecule has 1 aliphatic heterocycles. The molecule has 1 saturated heterocycles. The van der Waals surface area contributed by atoms with E-state index in [1.807, 2.05) is 0 Å². The van der Waals surface area contributed by atoms with Crippen molar-refractivity contribution in [3.05, 3.63) is 35.4 Å². The average Bonchev–Trinajstić information content (AvgIpc) is 2.98. The van der Waals surface area contributed by atoms with Crippen molar-refractivity contribution in [1.82, 2.24) is 15.5 Å². The van der Waals surface area contributed by atoms with Gasteiger partial charge in [-0.15, -0.1) is 0 Å². The van der Waals surface area contributed by atoms with E-state index in [9.17, 15) is 22.8 Å². The Kier molecular flexibility index (Phi) is 7.61. The van der Waals surface area contributed by atoms with Crippen LogP contribution >= 0.6 is 0 Å². The number of hydrogen-bond acceptors (Lipinski definition) is 4. The predicted octanol–water partition coefficient (Wildman–Crippen LogP) is 1.41. The first kappa shape index (κ1) is 21.2. The van der Waals surface area contributed by atoms with Gasteiger partial charge >= 0.3 is 6.18 Å². The summed E-state index contributed by atoms with van der Waals surface area (Å²) in [5.74, 6) is -0.934. The molecule has 0 saturated carbocycles. The molecule has 0 radical (unpaired) electrons. The van der Waals surface area contributed by atoms with E-state index in [0.717, 1.165) is 12.1 Å². The van der Waals surface area contributed by atoms with Gasteiger partial charge in [-0.2, -0.15) is 13.2 Å². The van der Waals surface area contributed by atoms with Gasteiger partial charge in [-0.25, -0.2) is 0 Å². The predicted molar refractivity (Wildman–Crippen MR) is 92.7 cm³/mol. The van der Waals surface area contributed by atoms with Crippen molar-refractivity contribution >= 4 is 11.8 Å². The quantitative estimate of drug-likeness (QED) is 0.629. The van der Waals surface area contributed by atoms with Gasteiger partial charge in [0.2, 0.25) is 11.8 Å². The van der Waals surface area contributed by atoms with Gasteiger partial charge in [0, 0.05) is 46.3 Å². The summed E-state index contributed by atoms with van der Waals surface area (Å²) < 4.78 is 43.3. The molecule has 0 bridgehead atoms. The molecule has 27 heavy (non-hydrogen) atoms. The summed E-state index contributed by atoms with van der Waals surface area (Å²) in [4.78, 5) is 25.7. The molecule has 1 aromatic rings. The van der Waals surface area contributed by atoms with Crippen molar-refractivity contribution in [3.63, 3.8) is 0 Å². The molecule has 1 aliphatic rings. The lowest BCUT2D eigenvalue weighted by Crippen LogP contribution is -2.37. The zero-order chi connectivity index (χ0) is 19.9. The maximum absolute atomic E-state index is 12.8. The molecule has 1 atom stereocenters. The van der Waals surface area contributed by atoms with E-state index in [4.69, 9.17) is 4.74 Å². The molecule has 2 N–H and O–H groups in total. The van der Waals surface area contributed by atoms with Gasteiger partial charge in [-0.1, -0.05) is 12.1 Å². The second-order valence-electron chi connectivity index (χ2n) is 6.41. The standard InChI is InChI=1S/C18H24F3N3O3/c1-27-8-7-22-5-6-23-17(26)14-10-16(25)24(12-14)11-13-3-2-4-15(9-13)18(19,20)21/h2-4,9,14,22H,5-8,10-12H2,1H3,(H,23,26). The molecule has 1 heterocycles. The number of rotatable bonds is 9. The van der Waals surface area contributed by atoms with Gasteiger partial charge in [-0.3, -0.25) is 9.59 Å². The van der Waals surface area contributed by atoms with Gasteiger partial charge in [-0.05, 0) is 17.7 Å². The van der Waals surface area contributed by atoms with E-state index in [2.05, 4.69) is 10.6 Å². The lowest BCUT2D eigenvalue weighted by atomic mass is 10.1. The SMILES string of the molecule is COCCNCCNC(=O)C1CC(=O)N(Cc2cccc(C(F)(F)F)c2)C1. The molecule has 9 heteroatoms. The minimum atomic E-state index is -4.43. The second-order valence-corrected chi connectivity index (χ2v) is 6.41. The summed E-state index contributed by atoms with van der Waals surface area (Å²) in [5, 5.41) is 5.86. The topological polar surface area (TPSA) is 70.7 Å². The Bertz CT molecular complexity index is 652. The Morgan fingerprint density at radius 2 is 2.07 bits per heavy atom. The van der Waals surface area contributed by atoms with Gasteiger partial charge in [0.25, 0.3) is 0 Å². The maximum atomic E-state index is 12.8. The highest BCUT2D eigenvalue weighted by molar-refractivity contribution is 5.89. The van der Waals surface area contributed by atoms with E-state index < -0.39 is 17.7 Å². The number of benzene rings is 1. The smallest absolute Gasteiger partial charge is 0.383 e. The van der Waals surface area contributed by atoms with Crippen LogP contribution in [0.4, 0.5) is 13.2 Å². The normalized spacial score (nSPS) is 17.4. The van der Waals surface area contributed by atoms with Crippen LogP contribution < -0.4 is 10.6 Å². The first-order valence-electron chi connectivity index (χ1n) is 8.72. The fourth-order valence-electron chi connectivity index (χ4n) is 2.88. The summed E-state index contributed by atoms with van der Waals surface area (Å²) in [6.45, 7) is 2.54. The highest BCUT2D eigenvalue weighted by atomic mass is 19.4. The molecule has 2 rings (SSSR count). The van der Waals surface area contributed by atoms with Gasteiger partial charge in [0.15, 0.2) is 0 Å². The molecule has 150 valence electrons. The van der Waals surface area contributed by atoms with Crippen molar-refractivity contribution in [1.29, 1.82) is 0 Å². The first-order valence-corrected chi connectivity index (χ1v) is 8.72. The molecule has 1 unspecified atom stereocenters. The van der Waals surface area contributed by atoms with Crippen molar-refractivity contribution in [2.75, 3.05) is 39.9 Å². The fraction of sp³-hybridized carbons (Fsp3) is 0.556. The summed E-state index contributed by atoms with van der Waals surface area (Å²) in [5.41, 5.74) is -0.358. The highest BCUT2D eigenvalue weighted by Gasteiger charge is 2.35. The summed E-state index contributed by atoms with van der Waals surface area (Å²) in [7, 11) is 1.60. The van der Waals surface area contributed by atoms with Crippen LogP contribution in [0.25, 0.3) is 0 Å². The first-order chi connectivity index (χ1) is 12.8. The molecule has 0 aromatic heterocycles. The number of amides is 2. The lowest BCUT2D eigenvalue weighted by molar-refractivity contribution is -0.137. The van der Waals surface area contributed by atoms with Gasteiger partial charge < -0.3 is 20.3 Å². The van der Waals surface area contributed by atoms with E-state index in [0.29, 0.717) is 31.8 Å². The molecule has 1 fully saturated rings. The molecule has 0 aliphatic carbocycles. The Morgan fingerprint density at radius 1 is 1.30 bits per heavy atom. The number of nitrogens with zero attached hydrogens (tertiary/aromatic N) is 1. The monoisotopic (exact) mass is 387 g/mol. The largest absolute Gasteiger partial charge is 0.416 e. The van der Waals surface area contributed by atoms with Crippen LogP contribution in [0.2, 0.25) is 0 Å². The van der Waals surface area contributed by atoms with Crippen LogP contribution in [-0.4, -0.2) is 56.6 Å². The molecule has 2 amide bonds. The van der Waals surface area contributed by atoms with E-state index >= 15 is 0 Å². The number of carbonyl (C=O) groups is 2. The molecule has 0 spiro atoms. The van der Waals surface area contributed by atoms with Crippen molar-refractivity contribution in [3.8, 4) is 0 Å². The third-order valence-corrected chi connectivity index (χ3v) is 4.30. The van der Waals surface area contributed by atoms with Crippen LogP contribution in [0, 0.1) is 5.92 Å². The van der Waals surface area contributed by atoms with Crippen molar-refractivity contribution < 1.29 is 27.5 Å². The van der Waals surface area contributed by atoms with Crippen LogP contribution in [-0.2, 0) is 27.0 Å².